The Hall–Kier alpha value is -2.28. The lowest BCUT2D eigenvalue weighted by atomic mass is 9.87. The molecule has 0 saturated carbocycles. The van der Waals surface area contributed by atoms with Crippen molar-refractivity contribution in [1.82, 2.24) is 15.3 Å². The number of rotatable bonds is 4. The van der Waals surface area contributed by atoms with Gasteiger partial charge in [0.15, 0.2) is 0 Å². The molecule has 0 saturated heterocycles. The Labute approximate surface area is 132 Å². The van der Waals surface area contributed by atoms with Gasteiger partial charge in [-0.05, 0) is 43.4 Å². The largest absolute Gasteiger partial charge is 0.331 e. The van der Waals surface area contributed by atoms with Gasteiger partial charge in [-0.2, -0.15) is 0 Å². The number of halogens is 2. The van der Waals surface area contributed by atoms with Gasteiger partial charge in [-0.15, -0.1) is 0 Å². The first-order valence-electron chi connectivity index (χ1n) is 7.55. The summed E-state index contributed by atoms with van der Waals surface area (Å²) in [4.78, 5) is 18.7. The number of aryl methyl sites for hydroxylation is 1. The van der Waals surface area contributed by atoms with Crippen molar-refractivity contribution in [1.29, 1.82) is 0 Å². The van der Waals surface area contributed by atoms with Gasteiger partial charge in [-0.3, -0.25) is 4.79 Å². The summed E-state index contributed by atoms with van der Waals surface area (Å²) >= 11 is 0. The van der Waals surface area contributed by atoms with Crippen LogP contribution in [0, 0.1) is 11.6 Å². The predicted octanol–water partition coefficient (Wildman–Crippen LogP) is 2.16. The smallest absolute Gasteiger partial charge is 0.242 e. The Bertz CT molecular complexity index is 702. The zero-order valence-electron chi connectivity index (χ0n) is 12.7. The van der Waals surface area contributed by atoms with E-state index in [1.165, 1.54) is 18.6 Å². The van der Waals surface area contributed by atoms with Gasteiger partial charge in [0.25, 0.3) is 0 Å². The zero-order valence-corrected chi connectivity index (χ0v) is 12.7. The van der Waals surface area contributed by atoms with E-state index in [0.29, 0.717) is 24.2 Å². The molecule has 0 fully saturated rings. The quantitative estimate of drug-likeness (QED) is 0.808. The number of nitrogens with zero attached hydrogens (tertiary/aromatic N) is 1. The fourth-order valence-electron chi connectivity index (χ4n) is 2.92. The maximum atomic E-state index is 13.9. The summed E-state index contributed by atoms with van der Waals surface area (Å²) in [5, 5.41) is 5.91. The molecule has 0 radical (unpaired) electrons. The minimum absolute atomic E-state index is 0.0232. The van der Waals surface area contributed by atoms with E-state index in [1.54, 1.807) is 6.92 Å². The number of anilines is 1. The summed E-state index contributed by atoms with van der Waals surface area (Å²) in [7, 11) is 0. The molecule has 0 bridgehead atoms. The SMILES string of the molecule is CC(NC1CCc2cc(F)cc(F)c2C1)C(=O)Nc1cnc[nH]1. The van der Waals surface area contributed by atoms with Gasteiger partial charge < -0.3 is 15.6 Å². The Morgan fingerprint density at radius 1 is 1.43 bits per heavy atom. The molecule has 122 valence electrons. The summed E-state index contributed by atoms with van der Waals surface area (Å²) in [6, 6.07) is 1.84. The molecule has 5 nitrogen and oxygen atoms in total. The third kappa shape index (κ3) is 3.56. The maximum Gasteiger partial charge on any atom is 0.242 e. The minimum atomic E-state index is -0.542. The summed E-state index contributed by atoms with van der Waals surface area (Å²) in [5.41, 5.74) is 1.26. The van der Waals surface area contributed by atoms with Crippen LogP contribution in [-0.4, -0.2) is 28.0 Å². The highest BCUT2D eigenvalue weighted by Gasteiger charge is 2.25. The van der Waals surface area contributed by atoms with Gasteiger partial charge >= 0.3 is 0 Å². The van der Waals surface area contributed by atoms with Crippen molar-refractivity contribution in [3.05, 3.63) is 47.4 Å². The van der Waals surface area contributed by atoms with Gasteiger partial charge in [0.05, 0.1) is 18.6 Å². The molecule has 2 atom stereocenters. The highest BCUT2D eigenvalue weighted by atomic mass is 19.1. The lowest BCUT2D eigenvalue weighted by Crippen LogP contribution is -2.46. The third-order valence-electron chi connectivity index (χ3n) is 4.10. The number of imidazole rings is 1. The number of H-pyrrole nitrogens is 1. The average molecular weight is 320 g/mol. The van der Waals surface area contributed by atoms with E-state index in [2.05, 4.69) is 20.6 Å². The highest BCUT2D eigenvalue weighted by Crippen LogP contribution is 2.25. The second kappa shape index (κ2) is 6.45. The van der Waals surface area contributed by atoms with Gasteiger partial charge in [-0.25, -0.2) is 13.8 Å². The number of hydrogen-bond acceptors (Lipinski definition) is 3. The third-order valence-corrected chi connectivity index (χ3v) is 4.10. The molecule has 1 aromatic heterocycles. The predicted molar refractivity (Wildman–Crippen MR) is 82.0 cm³/mol. The van der Waals surface area contributed by atoms with Crippen LogP contribution in [0.4, 0.5) is 14.6 Å². The second-order valence-corrected chi connectivity index (χ2v) is 5.81. The standard InChI is InChI=1S/C16H18F2N4O/c1-9(16(23)22-15-7-19-8-20-15)21-12-3-2-10-4-11(17)5-14(18)13(10)6-12/h4-5,7-9,12,21H,2-3,6H2,1H3,(H,19,20)(H,22,23). The Kier molecular flexibility index (Phi) is 4.38. The molecule has 1 aliphatic carbocycles. The number of amides is 1. The molecule has 1 aliphatic rings. The molecule has 7 heteroatoms. The minimum Gasteiger partial charge on any atom is -0.331 e. The molecule has 1 amide bonds. The number of carbonyl (C=O) groups excluding carboxylic acids is 1. The monoisotopic (exact) mass is 320 g/mol. The normalized spacial score (nSPS) is 18.3. The number of fused-ring (bicyclic) bond motifs is 1. The number of carbonyl (C=O) groups is 1. The van der Waals surface area contributed by atoms with Crippen LogP contribution in [0.25, 0.3) is 0 Å². The molecular weight excluding hydrogens is 302 g/mol. The van der Waals surface area contributed by atoms with Crippen LogP contribution in [0.5, 0.6) is 0 Å². The number of benzene rings is 1. The Morgan fingerprint density at radius 2 is 2.26 bits per heavy atom. The van der Waals surface area contributed by atoms with Crippen molar-refractivity contribution in [3.63, 3.8) is 0 Å². The molecule has 1 aromatic carbocycles. The summed E-state index contributed by atoms with van der Waals surface area (Å²) in [6.07, 6.45) is 4.77. The van der Waals surface area contributed by atoms with Crippen molar-refractivity contribution in [2.75, 3.05) is 5.32 Å². The van der Waals surface area contributed by atoms with Crippen LogP contribution >= 0.6 is 0 Å². The number of nitrogens with one attached hydrogen (secondary N) is 3. The fourth-order valence-corrected chi connectivity index (χ4v) is 2.92. The molecule has 23 heavy (non-hydrogen) atoms. The fraction of sp³-hybridized carbons (Fsp3) is 0.375. The van der Waals surface area contributed by atoms with E-state index in [0.717, 1.165) is 18.1 Å². The van der Waals surface area contributed by atoms with Crippen LogP contribution in [0.2, 0.25) is 0 Å². The Morgan fingerprint density at radius 3 is 3.00 bits per heavy atom. The van der Waals surface area contributed by atoms with Crippen LogP contribution in [0.15, 0.2) is 24.7 Å². The van der Waals surface area contributed by atoms with Gasteiger partial charge in [-0.1, -0.05) is 0 Å². The van der Waals surface area contributed by atoms with Crippen molar-refractivity contribution in [2.24, 2.45) is 0 Å². The first-order valence-corrected chi connectivity index (χ1v) is 7.55. The van der Waals surface area contributed by atoms with Crippen molar-refractivity contribution >= 4 is 11.7 Å². The van der Waals surface area contributed by atoms with Crippen LogP contribution in [0.3, 0.4) is 0 Å². The molecule has 2 unspecified atom stereocenters. The molecule has 1 heterocycles. The van der Waals surface area contributed by atoms with E-state index in [-0.39, 0.29) is 11.9 Å². The number of aromatic nitrogens is 2. The summed E-state index contributed by atoms with van der Waals surface area (Å²) in [5.74, 6) is -0.722. The van der Waals surface area contributed by atoms with Crippen LogP contribution < -0.4 is 10.6 Å². The van der Waals surface area contributed by atoms with Gasteiger partial charge in [0.2, 0.25) is 5.91 Å². The van der Waals surface area contributed by atoms with Gasteiger partial charge in [0, 0.05) is 12.1 Å². The second-order valence-electron chi connectivity index (χ2n) is 5.81. The summed E-state index contributed by atoms with van der Waals surface area (Å²) < 4.78 is 27.1. The van der Waals surface area contributed by atoms with E-state index in [9.17, 15) is 13.6 Å². The Balaban J connectivity index is 1.61. The van der Waals surface area contributed by atoms with E-state index in [4.69, 9.17) is 0 Å². The topological polar surface area (TPSA) is 69.8 Å². The molecule has 0 spiro atoms. The lowest BCUT2D eigenvalue weighted by Gasteiger charge is -2.28. The maximum absolute atomic E-state index is 13.9. The number of aromatic amines is 1. The zero-order chi connectivity index (χ0) is 16.4. The van der Waals surface area contributed by atoms with Crippen LogP contribution in [-0.2, 0) is 17.6 Å². The van der Waals surface area contributed by atoms with Crippen LogP contribution in [0.1, 0.15) is 24.5 Å². The molecular formula is C16H18F2N4O. The first kappa shape index (κ1) is 15.6. The van der Waals surface area contributed by atoms with Gasteiger partial charge in [0.1, 0.15) is 17.5 Å². The van der Waals surface area contributed by atoms with Crippen molar-refractivity contribution in [3.8, 4) is 0 Å². The number of hydrogen-bond donors (Lipinski definition) is 3. The first-order chi connectivity index (χ1) is 11.0. The molecule has 3 N–H and O–H groups in total. The molecule has 0 aliphatic heterocycles. The average Bonchev–Trinajstić information content (AvgIpc) is 3.00. The van der Waals surface area contributed by atoms with Crippen molar-refractivity contribution < 1.29 is 13.6 Å². The van der Waals surface area contributed by atoms with E-state index in [1.807, 2.05) is 0 Å². The van der Waals surface area contributed by atoms with E-state index >= 15 is 0 Å². The summed E-state index contributed by atoms with van der Waals surface area (Å²) in [6.45, 7) is 1.75. The lowest BCUT2D eigenvalue weighted by molar-refractivity contribution is -0.118. The highest BCUT2D eigenvalue weighted by molar-refractivity contribution is 5.93. The molecule has 3 rings (SSSR count). The van der Waals surface area contributed by atoms with E-state index < -0.39 is 17.7 Å². The van der Waals surface area contributed by atoms with Crippen molar-refractivity contribution in [2.45, 2.75) is 38.3 Å². The molecule has 2 aromatic rings.